The van der Waals surface area contributed by atoms with Gasteiger partial charge in [-0.25, -0.2) is 0 Å². The summed E-state index contributed by atoms with van der Waals surface area (Å²) in [4.78, 5) is 25.5. The molecule has 23 heavy (non-hydrogen) atoms. The van der Waals surface area contributed by atoms with Gasteiger partial charge in [0.2, 0.25) is 0 Å². The summed E-state index contributed by atoms with van der Waals surface area (Å²) in [5, 5.41) is 5.33. The maximum absolute atomic E-state index is 12.7. The van der Waals surface area contributed by atoms with Crippen LogP contribution in [0.25, 0.3) is 0 Å². The Morgan fingerprint density at radius 2 is 1.61 bits per heavy atom. The van der Waals surface area contributed by atoms with Crippen molar-refractivity contribution in [3.8, 4) is 0 Å². The first kappa shape index (κ1) is 13.9. The Labute approximate surface area is 147 Å². The van der Waals surface area contributed by atoms with Crippen LogP contribution in [-0.4, -0.2) is 23.0 Å². The molecule has 1 aromatic carbocycles. The van der Waals surface area contributed by atoms with Crippen molar-refractivity contribution in [2.24, 2.45) is 34.2 Å². The summed E-state index contributed by atoms with van der Waals surface area (Å²) in [5.41, 5.74) is 1.13. The number of imide groups is 1. The molecule has 1 aromatic rings. The lowest BCUT2D eigenvalue weighted by Gasteiger charge is -2.18. The number of carbonyl (C=O) groups is 2. The third-order valence-corrected chi connectivity index (χ3v) is 6.74. The molecule has 0 unspecified atom stereocenters. The molecule has 4 aliphatic rings. The fraction of sp³-hybridized carbons (Fsp3) is 0.389. The average Bonchev–Trinajstić information content (AvgIpc) is 3.15. The fourth-order valence-corrected chi connectivity index (χ4v) is 5.21. The molecule has 2 saturated carbocycles. The molecule has 1 aliphatic heterocycles. The van der Waals surface area contributed by atoms with Crippen molar-refractivity contribution in [2.45, 2.75) is 12.8 Å². The SMILES string of the molecule is O=C1[C@@H]2[C@@H](C(=O)N1/N=C\c1ccc(I)cc1)[C@H]1C=C[C@H]2C12CC2. The van der Waals surface area contributed by atoms with Gasteiger partial charge >= 0.3 is 0 Å². The zero-order valence-electron chi connectivity index (χ0n) is 12.4. The minimum absolute atomic E-state index is 0.107. The lowest BCUT2D eigenvalue weighted by Crippen LogP contribution is -2.30. The molecule has 3 fully saturated rings. The molecule has 2 bridgehead atoms. The van der Waals surface area contributed by atoms with Crippen LogP contribution < -0.4 is 0 Å². The number of hydrogen-bond donors (Lipinski definition) is 0. The molecule has 1 spiro atoms. The van der Waals surface area contributed by atoms with Crippen molar-refractivity contribution in [1.29, 1.82) is 0 Å². The second-order valence-electron chi connectivity index (χ2n) is 7.01. The molecule has 116 valence electrons. The van der Waals surface area contributed by atoms with E-state index in [9.17, 15) is 9.59 Å². The predicted octanol–water partition coefficient (Wildman–Crippen LogP) is 2.82. The first-order valence-electron chi connectivity index (χ1n) is 7.97. The number of hydrazone groups is 1. The van der Waals surface area contributed by atoms with E-state index in [4.69, 9.17) is 0 Å². The number of allylic oxidation sites excluding steroid dienone is 2. The number of hydrogen-bond acceptors (Lipinski definition) is 3. The molecule has 5 heteroatoms. The summed E-state index contributed by atoms with van der Waals surface area (Å²) in [6, 6.07) is 7.82. The number of nitrogens with zero attached hydrogens (tertiary/aromatic N) is 2. The van der Waals surface area contributed by atoms with Gasteiger partial charge in [-0.1, -0.05) is 24.3 Å². The first-order valence-corrected chi connectivity index (χ1v) is 9.05. The second kappa shape index (κ2) is 4.53. The highest BCUT2D eigenvalue weighted by Crippen LogP contribution is 2.73. The molecule has 3 aliphatic carbocycles. The second-order valence-corrected chi connectivity index (χ2v) is 8.25. The van der Waals surface area contributed by atoms with Gasteiger partial charge in [0.25, 0.3) is 11.8 Å². The van der Waals surface area contributed by atoms with E-state index in [1.54, 1.807) is 6.21 Å². The van der Waals surface area contributed by atoms with Crippen molar-refractivity contribution >= 4 is 40.6 Å². The van der Waals surface area contributed by atoms with Gasteiger partial charge in [0.05, 0.1) is 18.1 Å². The Bertz CT molecular complexity index is 745. The molecule has 4 nitrogen and oxygen atoms in total. The van der Waals surface area contributed by atoms with Crippen molar-refractivity contribution in [1.82, 2.24) is 5.01 Å². The van der Waals surface area contributed by atoms with Crippen molar-refractivity contribution in [3.63, 3.8) is 0 Å². The van der Waals surface area contributed by atoms with Crippen LogP contribution in [0.1, 0.15) is 18.4 Å². The molecule has 2 amide bonds. The zero-order valence-corrected chi connectivity index (χ0v) is 14.5. The third-order valence-electron chi connectivity index (χ3n) is 6.02. The molecule has 1 saturated heterocycles. The number of halogens is 1. The number of fused-ring (bicyclic) bond motifs is 3. The number of amides is 2. The largest absolute Gasteiger partial charge is 0.272 e. The van der Waals surface area contributed by atoms with E-state index in [-0.39, 0.29) is 40.9 Å². The minimum atomic E-state index is -0.172. The van der Waals surface area contributed by atoms with E-state index in [1.165, 1.54) is 0 Å². The molecule has 1 heterocycles. The van der Waals surface area contributed by atoms with Crippen LogP contribution in [0.2, 0.25) is 0 Å². The van der Waals surface area contributed by atoms with Gasteiger partial charge < -0.3 is 0 Å². The number of carbonyl (C=O) groups excluding carboxylic acids is 2. The van der Waals surface area contributed by atoms with E-state index in [0.717, 1.165) is 27.0 Å². The number of rotatable bonds is 2. The summed E-state index contributed by atoms with van der Waals surface area (Å²) in [5.74, 6) is -0.0441. The topological polar surface area (TPSA) is 49.7 Å². The Kier molecular flexibility index (Phi) is 2.73. The summed E-state index contributed by atoms with van der Waals surface area (Å²) in [6.45, 7) is 0. The Morgan fingerprint density at radius 1 is 1.04 bits per heavy atom. The standard InChI is InChI=1S/C18H15IN2O2/c19-11-3-1-10(2-4-11)9-20-21-16(22)14-12-5-6-13(15(14)17(21)23)18(12)7-8-18/h1-6,9,12-15H,7-8H2/b20-9-/t12-,13-,14+,15+/m1/s1. The summed E-state index contributed by atoms with van der Waals surface area (Å²) in [7, 11) is 0. The normalized spacial score (nSPS) is 35.8. The van der Waals surface area contributed by atoms with Crippen LogP contribution in [0.3, 0.4) is 0 Å². The maximum atomic E-state index is 12.7. The predicted molar refractivity (Wildman–Crippen MR) is 93.4 cm³/mol. The van der Waals surface area contributed by atoms with Gasteiger partial charge in [-0.2, -0.15) is 10.1 Å². The molecule has 0 radical (unpaired) electrons. The van der Waals surface area contributed by atoms with Crippen LogP contribution in [0.15, 0.2) is 41.5 Å². The van der Waals surface area contributed by atoms with Crippen molar-refractivity contribution in [2.75, 3.05) is 0 Å². The highest BCUT2D eigenvalue weighted by atomic mass is 127. The highest BCUT2D eigenvalue weighted by Gasteiger charge is 2.73. The van der Waals surface area contributed by atoms with Crippen LogP contribution in [-0.2, 0) is 9.59 Å². The van der Waals surface area contributed by atoms with Crippen LogP contribution in [0, 0.1) is 32.7 Å². The van der Waals surface area contributed by atoms with E-state index in [2.05, 4.69) is 39.8 Å². The summed E-state index contributed by atoms with van der Waals surface area (Å²) < 4.78 is 1.14. The van der Waals surface area contributed by atoms with Gasteiger partial charge in [0, 0.05) is 3.57 Å². The summed E-state index contributed by atoms with van der Waals surface area (Å²) in [6.07, 6.45) is 8.28. The van der Waals surface area contributed by atoms with Gasteiger partial charge in [-0.3, -0.25) is 9.59 Å². The minimum Gasteiger partial charge on any atom is -0.272 e. The molecular formula is C18H15IN2O2. The molecule has 5 rings (SSSR count). The Morgan fingerprint density at radius 3 is 2.13 bits per heavy atom. The van der Waals surface area contributed by atoms with Crippen molar-refractivity contribution in [3.05, 3.63) is 45.6 Å². The van der Waals surface area contributed by atoms with Crippen LogP contribution in [0.5, 0.6) is 0 Å². The average molecular weight is 418 g/mol. The number of benzene rings is 1. The Hall–Kier alpha value is -1.50. The van der Waals surface area contributed by atoms with Gasteiger partial charge in [0.1, 0.15) is 0 Å². The molecule has 0 aromatic heterocycles. The van der Waals surface area contributed by atoms with E-state index in [0.29, 0.717) is 0 Å². The van der Waals surface area contributed by atoms with E-state index < -0.39 is 0 Å². The monoisotopic (exact) mass is 418 g/mol. The smallest absolute Gasteiger partial charge is 0.254 e. The van der Waals surface area contributed by atoms with E-state index >= 15 is 0 Å². The van der Waals surface area contributed by atoms with Gasteiger partial charge in [-0.05, 0) is 70.4 Å². The quantitative estimate of drug-likeness (QED) is 0.321. The zero-order chi connectivity index (χ0) is 15.8. The lowest BCUT2D eigenvalue weighted by molar-refractivity contribution is -0.141. The highest BCUT2D eigenvalue weighted by molar-refractivity contribution is 14.1. The molecular weight excluding hydrogens is 403 g/mol. The van der Waals surface area contributed by atoms with Gasteiger partial charge in [0.15, 0.2) is 0 Å². The van der Waals surface area contributed by atoms with Crippen molar-refractivity contribution < 1.29 is 9.59 Å². The van der Waals surface area contributed by atoms with Crippen LogP contribution in [0.4, 0.5) is 0 Å². The van der Waals surface area contributed by atoms with E-state index in [1.807, 2.05) is 24.3 Å². The third kappa shape index (κ3) is 1.74. The first-order chi connectivity index (χ1) is 11.1. The molecule has 4 atom stereocenters. The Balaban J connectivity index is 1.43. The lowest BCUT2D eigenvalue weighted by atomic mass is 9.85. The van der Waals surface area contributed by atoms with Gasteiger partial charge in [-0.15, -0.1) is 0 Å². The maximum Gasteiger partial charge on any atom is 0.254 e. The molecule has 0 N–H and O–H groups in total. The summed E-state index contributed by atoms with van der Waals surface area (Å²) >= 11 is 2.24. The fourth-order valence-electron chi connectivity index (χ4n) is 4.85. The van der Waals surface area contributed by atoms with Crippen LogP contribution >= 0.6 is 22.6 Å².